The van der Waals surface area contributed by atoms with E-state index in [2.05, 4.69) is 4.74 Å². The van der Waals surface area contributed by atoms with E-state index in [1.807, 2.05) is 6.92 Å². The molecule has 0 aliphatic carbocycles. The van der Waals surface area contributed by atoms with Crippen LogP contribution >= 0.6 is 0 Å². The molecule has 128 valence electrons. The van der Waals surface area contributed by atoms with Crippen molar-refractivity contribution < 1.29 is 34.1 Å². The summed E-state index contributed by atoms with van der Waals surface area (Å²) in [6, 6.07) is 5.96. The summed E-state index contributed by atoms with van der Waals surface area (Å²) in [6.45, 7) is 3.82. The third-order valence-corrected chi connectivity index (χ3v) is 2.54. The molecule has 0 saturated carbocycles. The summed E-state index contributed by atoms with van der Waals surface area (Å²) < 4.78 is 9.26. The number of aliphatic hydroxyl groups is 1. The molecule has 0 heterocycles. The molecule has 0 bridgehead atoms. The highest BCUT2D eigenvalue weighted by Crippen LogP contribution is 2.10. The van der Waals surface area contributed by atoms with E-state index >= 15 is 0 Å². The Bertz CT molecular complexity index is 511. The van der Waals surface area contributed by atoms with Gasteiger partial charge in [-0.3, -0.25) is 0 Å². The molecule has 7 nitrogen and oxygen atoms in total. The number of unbranched alkanes of at least 4 members (excludes halogenated alkanes) is 1. The zero-order valence-electron chi connectivity index (χ0n) is 13.3. The minimum atomic E-state index is -1.13. The topological polar surface area (TPSA) is 110 Å². The molecule has 1 aromatic rings. The second-order valence-electron chi connectivity index (χ2n) is 4.30. The number of aliphatic hydroxyl groups excluding tert-OH is 1. The minimum Gasteiger partial charge on any atom is -0.478 e. The number of benzene rings is 1. The third kappa shape index (κ3) is 8.57. The predicted molar refractivity (Wildman–Crippen MR) is 82.3 cm³/mol. The Labute approximate surface area is 134 Å². The SMILES string of the molecule is CCCCOC(=O)CO.CCOC(=O)c1ccccc1C(=O)O. The number of carboxylic acid groups (broad SMARTS) is 1. The van der Waals surface area contributed by atoms with E-state index in [0.29, 0.717) is 6.61 Å². The maximum atomic E-state index is 11.3. The summed E-state index contributed by atoms with van der Waals surface area (Å²) >= 11 is 0. The Morgan fingerprint density at radius 2 is 1.65 bits per heavy atom. The predicted octanol–water partition coefficient (Wildman–Crippen LogP) is 1.88. The molecule has 0 unspecified atom stereocenters. The van der Waals surface area contributed by atoms with Crippen LogP contribution in [-0.4, -0.2) is 47.9 Å². The van der Waals surface area contributed by atoms with Crippen molar-refractivity contribution in [2.75, 3.05) is 19.8 Å². The van der Waals surface area contributed by atoms with Crippen LogP contribution in [0.4, 0.5) is 0 Å². The zero-order chi connectivity index (χ0) is 17.7. The summed E-state index contributed by atoms with van der Waals surface area (Å²) in [6.07, 6.45) is 1.87. The second kappa shape index (κ2) is 12.2. The molecule has 0 radical (unpaired) electrons. The van der Waals surface area contributed by atoms with Gasteiger partial charge in [-0.2, -0.15) is 0 Å². The fourth-order valence-corrected chi connectivity index (χ4v) is 1.43. The molecule has 23 heavy (non-hydrogen) atoms. The van der Waals surface area contributed by atoms with Gasteiger partial charge in [-0.1, -0.05) is 25.5 Å². The number of rotatable bonds is 7. The fraction of sp³-hybridized carbons (Fsp3) is 0.438. The number of hydrogen-bond donors (Lipinski definition) is 2. The van der Waals surface area contributed by atoms with Crippen molar-refractivity contribution in [3.8, 4) is 0 Å². The van der Waals surface area contributed by atoms with E-state index in [0.717, 1.165) is 12.8 Å². The van der Waals surface area contributed by atoms with Gasteiger partial charge in [0.25, 0.3) is 0 Å². The van der Waals surface area contributed by atoms with Crippen molar-refractivity contribution in [3.05, 3.63) is 35.4 Å². The average molecular weight is 326 g/mol. The number of ether oxygens (including phenoxy) is 2. The van der Waals surface area contributed by atoms with Crippen LogP contribution in [-0.2, 0) is 14.3 Å². The van der Waals surface area contributed by atoms with E-state index in [-0.39, 0.29) is 17.7 Å². The van der Waals surface area contributed by atoms with Crippen molar-refractivity contribution >= 4 is 17.9 Å². The molecule has 2 N–H and O–H groups in total. The van der Waals surface area contributed by atoms with Crippen LogP contribution in [0.1, 0.15) is 47.4 Å². The number of esters is 2. The molecule has 0 aromatic heterocycles. The molecule has 7 heteroatoms. The summed E-state index contributed by atoms with van der Waals surface area (Å²) in [5.74, 6) is -2.28. The van der Waals surface area contributed by atoms with E-state index in [1.165, 1.54) is 12.1 Å². The van der Waals surface area contributed by atoms with Crippen molar-refractivity contribution in [2.24, 2.45) is 0 Å². The number of aromatic carboxylic acids is 1. The zero-order valence-corrected chi connectivity index (χ0v) is 13.3. The molecule has 1 rings (SSSR count). The Balaban J connectivity index is 0.000000468. The molecular formula is C16H22O7. The maximum absolute atomic E-state index is 11.3. The Hall–Kier alpha value is -2.41. The van der Waals surface area contributed by atoms with Crippen LogP contribution in [0.25, 0.3) is 0 Å². The third-order valence-electron chi connectivity index (χ3n) is 2.54. The smallest absolute Gasteiger partial charge is 0.338 e. The van der Waals surface area contributed by atoms with E-state index in [4.69, 9.17) is 14.9 Å². The van der Waals surface area contributed by atoms with Gasteiger partial charge >= 0.3 is 17.9 Å². The quantitative estimate of drug-likeness (QED) is 0.581. The lowest BCUT2D eigenvalue weighted by Gasteiger charge is -2.04. The Kier molecular flexibility index (Phi) is 10.9. The van der Waals surface area contributed by atoms with Crippen molar-refractivity contribution in [1.29, 1.82) is 0 Å². The Morgan fingerprint density at radius 3 is 2.13 bits per heavy atom. The van der Waals surface area contributed by atoms with Gasteiger partial charge in [-0.15, -0.1) is 0 Å². The van der Waals surface area contributed by atoms with E-state index < -0.39 is 24.5 Å². The number of carbonyl (C=O) groups excluding carboxylic acids is 2. The van der Waals surface area contributed by atoms with Crippen LogP contribution < -0.4 is 0 Å². The molecule has 0 atom stereocenters. The lowest BCUT2D eigenvalue weighted by Crippen LogP contribution is -2.11. The van der Waals surface area contributed by atoms with Crippen LogP contribution in [0.5, 0.6) is 0 Å². The second-order valence-corrected chi connectivity index (χ2v) is 4.30. The summed E-state index contributed by atoms with van der Waals surface area (Å²) in [7, 11) is 0. The summed E-state index contributed by atoms with van der Waals surface area (Å²) in [4.78, 5) is 32.2. The average Bonchev–Trinajstić information content (AvgIpc) is 2.55. The molecular weight excluding hydrogens is 304 g/mol. The van der Waals surface area contributed by atoms with Crippen molar-refractivity contribution in [3.63, 3.8) is 0 Å². The number of hydrogen-bond acceptors (Lipinski definition) is 6. The number of carboxylic acids is 1. The van der Waals surface area contributed by atoms with Crippen molar-refractivity contribution in [1.82, 2.24) is 0 Å². The van der Waals surface area contributed by atoms with Gasteiger partial charge in [0.05, 0.1) is 24.3 Å². The highest BCUT2D eigenvalue weighted by molar-refractivity contribution is 6.02. The largest absolute Gasteiger partial charge is 0.478 e. The van der Waals surface area contributed by atoms with Crippen LogP contribution in [0.2, 0.25) is 0 Å². The van der Waals surface area contributed by atoms with E-state index in [9.17, 15) is 14.4 Å². The normalized spacial score (nSPS) is 9.35. The number of carbonyl (C=O) groups is 3. The van der Waals surface area contributed by atoms with Gasteiger partial charge in [0.2, 0.25) is 0 Å². The summed E-state index contributed by atoms with van der Waals surface area (Å²) in [5.41, 5.74) is 0.0489. The van der Waals surface area contributed by atoms with Gasteiger partial charge in [-0.05, 0) is 25.5 Å². The van der Waals surface area contributed by atoms with Crippen molar-refractivity contribution in [2.45, 2.75) is 26.7 Å². The van der Waals surface area contributed by atoms with E-state index in [1.54, 1.807) is 19.1 Å². The van der Waals surface area contributed by atoms with Gasteiger partial charge in [-0.25, -0.2) is 14.4 Å². The summed E-state index contributed by atoms with van der Waals surface area (Å²) in [5, 5.41) is 16.9. The maximum Gasteiger partial charge on any atom is 0.338 e. The first-order chi connectivity index (χ1) is 11.0. The van der Waals surface area contributed by atoms with Crippen LogP contribution in [0, 0.1) is 0 Å². The molecule has 0 spiro atoms. The highest BCUT2D eigenvalue weighted by atomic mass is 16.5. The lowest BCUT2D eigenvalue weighted by atomic mass is 10.1. The minimum absolute atomic E-state index is 0.0362. The molecule has 0 aliphatic heterocycles. The van der Waals surface area contributed by atoms with Crippen LogP contribution in [0.3, 0.4) is 0 Å². The van der Waals surface area contributed by atoms with Gasteiger partial charge in [0.15, 0.2) is 0 Å². The molecule has 1 aromatic carbocycles. The molecule has 0 aliphatic rings. The monoisotopic (exact) mass is 326 g/mol. The van der Waals surface area contributed by atoms with Gasteiger partial charge < -0.3 is 19.7 Å². The van der Waals surface area contributed by atoms with Crippen LogP contribution in [0.15, 0.2) is 24.3 Å². The fourth-order valence-electron chi connectivity index (χ4n) is 1.43. The molecule has 0 saturated heterocycles. The first kappa shape index (κ1) is 20.6. The lowest BCUT2D eigenvalue weighted by molar-refractivity contribution is -0.146. The molecule has 0 fully saturated rings. The Morgan fingerprint density at radius 1 is 1.04 bits per heavy atom. The van der Waals surface area contributed by atoms with Gasteiger partial charge in [0.1, 0.15) is 6.61 Å². The first-order valence-electron chi connectivity index (χ1n) is 7.23. The van der Waals surface area contributed by atoms with Gasteiger partial charge in [0, 0.05) is 0 Å². The first-order valence-corrected chi connectivity index (χ1v) is 7.23. The standard InChI is InChI=1S/C10H10O4.C6H12O3/c1-2-14-10(13)8-6-4-3-5-7(8)9(11)12;1-2-3-4-9-6(8)5-7/h3-6H,2H2,1H3,(H,11,12);7H,2-5H2,1H3. The molecule has 0 amide bonds. The highest BCUT2D eigenvalue weighted by Gasteiger charge is 2.15.